The molecule has 0 atom stereocenters. The van der Waals surface area contributed by atoms with Crippen LogP contribution >= 0.6 is 11.6 Å². The molecule has 0 radical (unpaired) electrons. The van der Waals surface area contributed by atoms with Gasteiger partial charge in [0.1, 0.15) is 0 Å². The molecule has 1 aromatic carbocycles. The normalized spacial score (nSPS) is 15.8. The summed E-state index contributed by atoms with van der Waals surface area (Å²) in [6, 6.07) is 5.72. The van der Waals surface area contributed by atoms with Gasteiger partial charge in [0.25, 0.3) is 0 Å². The van der Waals surface area contributed by atoms with Crippen molar-refractivity contribution in [2.75, 3.05) is 25.0 Å². The minimum atomic E-state index is -0.225. The summed E-state index contributed by atoms with van der Waals surface area (Å²) < 4.78 is 5.26. The van der Waals surface area contributed by atoms with Crippen molar-refractivity contribution in [3.63, 3.8) is 0 Å². The molecule has 1 fully saturated rings. The predicted octanol–water partition coefficient (Wildman–Crippen LogP) is 3.50. The van der Waals surface area contributed by atoms with Crippen molar-refractivity contribution in [3.8, 4) is 0 Å². The summed E-state index contributed by atoms with van der Waals surface area (Å²) in [4.78, 5) is 13.7. The quantitative estimate of drug-likeness (QED) is 0.861. The maximum atomic E-state index is 11.9. The first kappa shape index (κ1) is 17.9. The SMILES string of the molecule is CC(C)COC(=O)N1CCC(Nc2cc(CO)ccc2Cl)CC1. The Morgan fingerprint density at radius 3 is 2.74 bits per heavy atom. The average molecular weight is 341 g/mol. The zero-order valence-corrected chi connectivity index (χ0v) is 14.5. The van der Waals surface area contributed by atoms with E-state index in [1.54, 1.807) is 17.0 Å². The molecule has 23 heavy (non-hydrogen) atoms. The number of amides is 1. The van der Waals surface area contributed by atoms with E-state index in [0.29, 0.717) is 30.6 Å². The summed E-state index contributed by atoms with van der Waals surface area (Å²) in [7, 11) is 0. The molecule has 1 aliphatic rings. The van der Waals surface area contributed by atoms with E-state index in [1.807, 2.05) is 19.9 Å². The monoisotopic (exact) mass is 340 g/mol. The Morgan fingerprint density at radius 2 is 2.13 bits per heavy atom. The summed E-state index contributed by atoms with van der Waals surface area (Å²) in [5.74, 6) is 0.346. The van der Waals surface area contributed by atoms with Crippen molar-refractivity contribution in [3.05, 3.63) is 28.8 Å². The number of ether oxygens (including phenoxy) is 1. The van der Waals surface area contributed by atoms with Crippen LogP contribution in [0.5, 0.6) is 0 Å². The molecule has 1 saturated heterocycles. The van der Waals surface area contributed by atoms with Gasteiger partial charge < -0.3 is 20.1 Å². The first-order valence-electron chi connectivity index (χ1n) is 8.07. The van der Waals surface area contributed by atoms with Crippen LogP contribution in [0.3, 0.4) is 0 Å². The third-order valence-electron chi connectivity index (χ3n) is 3.87. The topological polar surface area (TPSA) is 61.8 Å². The lowest BCUT2D eigenvalue weighted by Gasteiger charge is -2.32. The first-order valence-corrected chi connectivity index (χ1v) is 8.45. The van der Waals surface area contributed by atoms with Gasteiger partial charge in [-0.25, -0.2) is 4.79 Å². The zero-order chi connectivity index (χ0) is 16.8. The number of hydrogen-bond donors (Lipinski definition) is 2. The van der Waals surface area contributed by atoms with E-state index in [2.05, 4.69) is 5.32 Å². The Kier molecular flexibility index (Phi) is 6.54. The zero-order valence-electron chi connectivity index (χ0n) is 13.7. The molecule has 1 aliphatic heterocycles. The van der Waals surface area contributed by atoms with Crippen LogP contribution in [0.2, 0.25) is 5.02 Å². The maximum absolute atomic E-state index is 11.9. The molecule has 5 nitrogen and oxygen atoms in total. The number of likely N-dealkylation sites (tertiary alicyclic amines) is 1. The molecule has 2 rings (SSSR count). The lowest BCUT2D eigenvalue weighted by Crippen LogP contribution is -2.42. The molecule has 0 saturated carbocycles. The van der Waals surface area contributed by atoms with Crippen LogP contribution in [0.1, 0.15) is 32.3 Å². The summed E-state index contributed by atoms with van der Waals surface area (Å²) in [5.41, 5.74) is 1.66. The van der Waals surface area contributed by atoms with Crippen molar-refractivity contribution >= 4 is 23.4 Å². The predicted molar refractivity (Wildman–Crippen MR) is 91.8 cm³/mol. The van der Waals surface area contributed by atoms with Gasteiger partial charge in [0.15, 0.2) is 0 Å². The molecule has 0 unspecified atom stereocenters. The summed E-state index contributed by atoms with van der Waals surface area (Å²) >= 11 is 6.19. The molecule has 1 amide bonds. The lowest BCUT2D eigenvalue weighted by atomic mass is 10.0. The van der Waals surface area contributed by atoms with Crippen molar-refractivity contribution in [2.45, 2.75) is 39.3 Å². The van der Waals surface area contributed by atoms with Crippen LogP contribution in [-0.4, -0.2) is 41.8 Å². The Bertz CT molecular complexity index is 529. The number of aliphatic hydroxyl groups excluding tert-OH is 1. The van der Waals surface area contributed by atoms with E-state index >= 15 is 0 Å². The Morgan fingerprint density at radius 1 is 1.43 bits per heavy atom. The second kappa shape index (κ2) is 8.41. The van der Waals surface area contributed by atoms with Crippen LogP contribution in [0.25, 0.3) is 0 Å². The summed E-state index contributed by atoms with van der Waals surface area (Å²) in [5, 5.41) is 13.3. The number of rotatable bonds is 5. The van der Waals surface area contributed by atoms with Gasteiger partial charge in [0.05, 0.1) is 23.9 Å². The molecule has 0 bridgehead atoms. The van der Waals surface area contributed by atoms with E-state index in [4.69, 9.17) is 16.3 Å². The standard InChI is InChI=1S/C17H25ClN2O3/c1-12(2)11-23-17(22)20-7-5-14(6-8-20)19-16-9-13(10-21)3-4-15(16)18/h3-4,9,12,14,19,21H,5-8,10-11H2,1-2H3. The largest absolute Gasteiger partial charge is 0.449 e. The number of benzene rings is 1. The molecule has 128 valence electrons. The third-order valence-corrected chi connectivity index (χ3v) is 4.20. The summed E-state index contributed by atoms with van der Waals surface area (Å²) in [6.07, 6.45) is 1.46. The van der Waals surface area contributed by atoms with Gasteiger partial charge in [-0.05, 0) is 36.5 Å². The molecule has 0 spiro atoms. The number of halogens is 1. The second-order valence-electron chi connectivity index (χ2n) is 6.35. The number of nitrogens with zero attached hydrogens (tertiary/aromatic N) is 1. The number of piperidine rings is 1. The molecule has 6 heteroatoms. The van der Waals surface area contributed by atoms with Crippen molar-refractivity contribution in [1.29, 1.82) is 0 Å². The fourth-order valence-corrected chi connectivity index (χ4v) is 2.71. The van der Waals surface area contributed by atoms with Crippen LogP contribution in [0.4, 0.5) is 10.5 Å². The van der Waals surface area contributed by atoms with Gasteiger partial charge >= 0.3 is 6.09 Å². The van der Waals surface area contributed by atoms with Crippen molar-refractivity contribution < 1.29 is 14.6 Å². The number of hydrogen-bond acceptors (Lipinski definition) is 4. The molecule has 1 aromatic rings. The molecule has 2 N–H and O–H groups in total. The van der Waals surface area contributed by atoms with E-state index < -0.39 is 0 Å². The summed E-state index contributed by atoms with van der Waals surface area (Å²) in [6.45, 7) is 5.84. The van der Waals surface area contributed by atoms with Gasteiger partial charge in [-0.1, -0.05) is 31.5 Å². The minimum absolute atomic E-state index is 0.00795. The third kappa shape index (κ3) is 5.29. The van der Waals surface area contributed by atoms with E-state index in [-0.39, 0.29) is 18.7 Å². The van der Waals surface area contributed by atoms with E-state index in [9.17, 15) is 9.90 Å². The molecule has 1 heterocycles. The fraction of sp³-hybridized carbons (Fsp3) is 0.588. The number of nitrogens with one attached hydrogen (secondary N) is 1. The number of carbonyl (C=O) groups is 1. The van der Waals surface area contributed by atoms with Gasteiger partial charge in [-0.15, -0.1) is 0 Å². The van der Waals surface area contributed by atoms with Gasteiger partial charge in [0, 0.05) is 19.1 Å². The second-order valence-corrected chi connectivity index (χ2v) is 6.76. The number of anilines is 1. The van der Waals surface area contributed by atoms with Gasteiger partial charge in [-0.3, -0.25) is 0 Å². The molecule has 0 aliphatic carbocycles. The van der Waals surface area contributed by atoms with E-state index in [0.717, 1.165) is 24.1 Å². The Hall–Kier alpha value is -1.46. The first-order chi connectivity index (χ1) is 11.0. The van der Waals surface area contributed by atoms with E-state index in [1.165, 1.54) is 0 Å². The minimum Gasteiger partial charge on any atom is -0.449 e. The number of aliphatic hydroxyl groups is 1. The van der Waals surface area contributed by atoms with Crippen LogP contribution in [0, 0.1) is 5.92 Å². The highest BCUT2D eigenvalue weighted by Crippen LogP contribution is 2.26. The smallest absolute Gasteiger partial charge is 0.409 e. The van der Waals surface area contributed by atoms with Gasteiger partial charge in [0.2, 0.25) is 0 Å². The van der Waals surface area contributed by atoms with Crippen LogP contribution < -0.4 is 5.32 Å². The Balaban J connectivity index is 1.84. The fourth-order valence-electron chi connectivity index (χ4n) is 2.54. The molecule has 0 aromatic heterocycles. The maximum Gasteiger partial charge on any atom is 0.409 e. The highest BCUT2D eigenvalue weighted by molar-refractivity contribution is 6.33. The molecular formula is C17H25ClN2O3. The van der Waals surface area contributed by atoms with Crippen LogP contribution in [-0.2, 0) is 11.3 Å². The van der Waals surface area contributed by atoms with Crippen molar-refractivity contribution in [1.82, 2.24) is 4.90 Å². The van der Waals surface area contributed by atoms with Crippen LogP contribution in [0.15, 0.2) is 18.2 Å². The van der Waals surface area contributed by atoms with Gasteiger partial charge in [-0.2, -0.15) is 0 Å². The molecular weight excluding hydrogens is 316 g/mol. The van der Waals surface area contributed by atoms with Crippen molar-refractivity contribution in [2.24, 2.45) is 5.92 Å². The highest BCUT2D eigenvalue weighted by Gasteiger charge is 2.24. The average Bonchev–Trinajstić information content (AvgIpc) is 2.55. The number of carbonyl (C=O) groups excluding carboxylic acids is 1. The highest BCUT2D eigenvalue weighted by atomic mass is 35.5. The Labute approximate surface area is 142 Å². The lowest BCUT2D eigenvalue weighted by molar-refractivity contribution is 0.0845.